The average Bonchev–Trinajstić information content (AvgIpc) is 2.65. The monoisotopic (exact) mass is 204 g/mol. The summed E-state index contributed by atoms with van der Waals surface area (Å²) in [7, 11) is 0. The van der Waals surface area contributed by atoms with Crippen molar-refractivity contribution < 1.29 is 0 Å². The highest BCUT2D eigenvalue weighted by Gasteiger charge is 1.94. The SMILES string of the molecule is SCCC=Cc1ccc2cn[nH]c2c1. The molecule has 0 saturated heterocycles. The fourth-order valence-corrected chi connectivity index (χ4v) is 1.50. The highest BCUT2D eigenvalue weighted by Crippen LogP contribution is 2.13. The number of fused-ring (bicyclic) bond motifs is 1. The third-order valence-corrected chi connectivity index (χ3v) is 2.33. The maximum atomic E-state index is 4.15. The van der Waals surface area contributed by atoms with Crippen LogP contribution in [-0.2, 0) is 0 Å². The van der Waals surface area contributed by atoms with Crippen molar-refractivity contribution in [3.63, 3.8) is 0 Å². The first-order valence-electron chi connectivity index (χ1n) is 4.60. The second-order valence-electron chi connectivity index (χ2n) is 3.13. The fraction of sp³-hybridized carbons (Fsp3) is 0.182. The van der Waals surface area contributed by atoms with Gasteiger partial charge in [-0.1, -0.05) is 24.3 Å². The maximum Gasteiger partial charge on any atom is 0.0656 e. The Balaban J connectivity index is 2.25. The standard InChI is InChI=1S/C11H12N2S/c14-6-2-1-3-9-4-5-10-8-12-13-11(10)7-9/h1,3-5,7-8,14H,2,6H2,(H,12,13). The summed E-state index contributed by atoms with van der Waals surface area (Å²) in [6.07, 6.45) is 7.07. The second-order valence-corrected chi connectivity index (χ2v) is 3.58. The molecule has 1 N–H and O–H groups in total. The Morgan fingerprint density at radius 3 is 3.21 bits per heavy atom. The Bertz CT molecular complexity index is 445. The first-order chi connectivity index (χ1) is 6.90. The van der Waals surface area contributed by atoms with E-state index >= 15 is 0 Å². The van der Waals surface area contributed by atoms with Crippen LogP contribution in [-0.4, -0.2) is 16.0 Å². The highest BCUT2D eigenvalue weighted by molar-refractivity contribution is 7.80. The number of hydrogen-bond acceptors (Lipinski definition) is 2. The number of allylic oxidation sites excluding steroid dienone is 1. The zero-order chi connectivity index (χ0) is 9.80. The Kier molecular flexibility index (Phi) is 2.89. The van der Waals surface area contributed by atoms with E-state index in [9.17, 15) is 0 Å². The van der Waals surface area contributed by atoms with E-state index in [1.807, 2.05) is 6.20 Å². The zero-order valence-corrected chi connectivity index (χ0v) is 8.67. The van der Waals surface area contributed by atoms with Gasteiger partial charge in [0.15, 0.2) is 0 Å². The van der Waals surface area contributed by atoms with E-state index in [0.717, 1.165) is 23.1 Å². The van der Waals surface area contributed by atoms with Gasteiger partial charge in [0.2, 0.25) is 0 Å². The molecule has 0 aliphatic rings. The van der Waals surface area contributed by atoms with E-state index in [-0.39, 0.29) is 0 Å². The summed E-state index contributed by atoms with van der Waals surface area (Å²) in [6.45, 7) is 0. The minimum Gasteiger partial charge on any atom is -0.278 e. The van der Waals surface area contributed by atoms with Gasteiger partial charge in [-0.3, -0.25) is 5.10 Å². The lowest BCUT2D eigenvalue weighted by atomic mass is 10.1. The average molecular weight is 204 g/mol. The molecule has 0 radical (unpaired) electrons. The number of hydrogen-bond donors (Lipinski definition) is 2. The van der Waals surface area contributed by atoms with Gasteiger partial charge in [-0.2, -0.15) is 17.7 Å². The number of H-pyrrole nitrogens is 1. The molecule has 1 heterocycles. The van der Waals surface area contributed by atoms with E-state index in [2.05, 4.69) is 53.2 Å². The van der Waals surface area contributed by atoms with Crippen LogP contribution < -0.4 is 0 Å². The van der Waals surface area contributed by atoms with E-state index in [0.29, 0.717) is 0 Å². The molecule has 0 unspecified atom stereocenters. The van der Waals surface area contributed by atoms with E-state index in [1.165, 1.54) is 5.56 Å². The van der Waals surface area contributed by atoms with Crippen LogP contribution in [0.1, 0.15) is 12.0 Å². The molecule has 0 saturated carbocycles. The molecule has 0 amide bonds. The number of rotatable bonds is 3. The molecule has 2 aromatic rings. The van der Waals surface area contributed by atoms with Crippen molar-refractivity contribution in [3.8, 4) is 0 Å². The Hall–Kier alpha value is -1.22. The van der Waals surface area contributed by atoms with Crippen molar-refractivity contribution in [2.45, 2.75) is 6.42 Å². The lowest BCUT2D eigenvalue weighted by Gasteiger charge is -1.93. The molecule has 2 nitrogen and oxygen atoms in total. The molecule has 1 aromatic heterocycles. The van der Waals surface area contributed by atoms with Gasteiger partial charge in [0.05, 0.1) is 11.7 Å². The van der Waals surface area contributed by atoms with E-state index < -0.39 is 0 Å². The molecular formula is C11H12N2S. The molecule has 0 atom stereocenters. The number of aromatic nitrogens is 2. The number of benzene rings is 1. The topological polar surface area (TPSA) is 28.7 Å². The first-order valence-corrected chi connectivity index (χ1v) is 5.24. The van der Waals surface area contributed by atoms with Crippen LogP contribution in [0.25, 0.3) is 17.0 Å². The molecule has 0 spiro atoms. The third-order valence-electron chi connectivity index (χ3n) is 2.07. The minimum absolute atomic E-state index is 0.892. The molecule has 72 valence electrons. The molecule has 2 rings (SSSR count). The number of thiol groups is 1. The van der Waals surface area contributed by atoms with Crippen LogP contribution >= 0.6 is 12.6 Å². The van der Waals surface area contributed by atoms with Crippen molar-refractivity contribution in [1.82, 2.24) is 10.2 Å². The molecular weight excluding hydrogens is 192 g/mol. The van der Waals surface area contributed by atoms with Crippen LogP contribution in [0.5, 0.6) is 0 Å². The molecule has 0 bridgehead atoms. The quantitative estimate of drug-likeness (QED) is 0.739. The largest absolute Gasteiger partial charge is 0.278 e. The number of aromatic amines is 1. The Morgan fingerprint density at radius 1 is 1.43 bits per heavy atom. The van der Waals surface area contributed by atoms with Gasteiger partial charge >= 0.3 is 0 Å². The van der Waals surface area contributed by atoms with Gasteiger partial charge in [0.1, 0.15) is 0 Å². The van der Waals surface area contributed by atoms with Crippen LogP contribution in [0.2, 0.25) is 0 Å². The summed E-state index contributed by atoms with van der Waals surface area (Å²) in [5.41, 5.74) is 2.28. The molecule has 0 aliphatic heterocycles. The molecule has 0 aliphatic carbocycles. The van der Waals surface area contributed by atoms with Crippen LogP contribution in [0.3, 0.4) is 0 Å². The normalized spacial score (nSPS) is 11.5. The van der Waals surface area contributed by atoms with Gasteiger partial charge in [-0.05, 0) is 23.8 Å². The first kappa shape index (κ1) is 9.34. The number of nitrogens with one attached hydrogen (secondary N) is 1. The summed E-state index contributed by atoms with van der Waals surface area (Å²) in [5.74, 6) is 0.892. The van der Waals surface area contributed by atoms with Crippen molar-refractivity contribution in [3.05, 3.63) is 36.0 Å². The Morgan fingerprint density at radius 2 is 2.36 bits per heavy atom. The molecule has 14 heavy (non-hydrogen) atoms. The van der Waals surface area contributed by atoms with Gasteiger partial charge in [0, 0.05) is 5.39 Å². The van der Waals surface area contributed by atoms with E-state index in [4.69, 9.17) is 0 Å². The maximum absolute atomic E-state index is 4.15. The van der Waals surface area contributed by atoms with Crippen LogP contribution in [0, 0.1) is 0 Å². The Labute approximate surface area is 88.4 Å². The highest BCUT2D eigenvalue weighted by atomic mass is 32.1. The van der Waals surface area contributed by atoms with Gasteiger partial charge in [0.25, 0.3) is 0 Å². The zero-order valence-electron chi connectivity index (χ0n) is 7.77. The summed E-state index contributed by atoms with van der Waals surface area (Å²) in [6, 6.07) is 6.25. The van der Waals surface area contributed by atoms with Gasteiger partial charge in [-0.15, -0.1) is 0 Å². The van der Waals surface area contributed by atoms with Crippen molar-refractivity contribution in [1.29, 1.82) is 0 Å². The summed E-state index contributed by atoms with van der Waals surface area (Å²) in [5, 5.41) is 8.08. The molecule has 1 aromatic carbocycles. The second kappa shape index (κ2) is 4.33. The predicted octanol–water partition coefficient (Wildman–Crippen LogP) is 2.90. The lowest BCUT2D eigenvalue weighted by molar-refractivity contribution is 1.12. The summed E-state index contributed by atoms with van der Waals surface area (Å²) >= 11 is 4.15. The predicted molar refractivity (Wildman–Crippen MR) is 63.6 cm³/mol. The summed E-state index contributed by atoms with van der Waals surface area (Å²) < 4.78 is 0. The van der Waals surface area contributed by atoms with Crippen LogP contribution in [0.4, 0.5) is 0 Å². The van der Waals surface area contributed by atoms with Crippen molar-refractivity contribution >= 4 is 29.6 Å². The fourth-order valence-electron chi connectivity index (χ4n) is 1.35. The van der Waals surface area contributed by atoms with Gasteiger partial charge in [-0.25, -0.2) is 0 Å². The third kappa shape index (κ3) is 1.99. The minimum atomic E-state index is 0.892. The summed E-state index contributed by atoms with van der Waals surface area (Å²) in [4.78, 5) is 0. The van der Waals surface area contributed by atoms with E-state index in [1.54, 1.807) is 0 Å². The smallest absolute Gasteiger partial charge is 0.0656 e. The van der Waals surface area contributed by atoms with Crippen LogP contribution in [0.15, 0.2) is 30.5 Å². The van der Waals surface area contributed by atoms with Crippen molar-refractivity contribution in [2.24, 2.45) is 0 Å². The lowest BCUT2D eigenvalue weighted by Crippen LogP contribution is -1.74. The van der Waals surface area contributed by atoms with Crippen molar-refractivity contribution in [2.75, 3.05) is 5.75 Å². The number of nitrogens with zero attached hydrogens (tertiary/aromatic N) is 1. The van der Waals surface area contributed by atoms with Gasteiger partial charge < -0.3 is 0 Å². The molecule has 0 fully saturated rings. The molecule has 3 heteroatoms.